The van der Waals surface area contributed by atoms with E-state index in [2.05, 4.69) is 59.2 Å². The molecule has 0 radical (unpaired) electrons. The summed E-state index contributed by atoms with van der Waals surface area (Å²) in [6.07, 6.45) is 5.39. The predicted octanol–water partition coefficient (Wildman–Crippen LogP) is 3.86. The van der Waals surface area contributed by atoms with Crippen molar-refractivity contribution in [2.75, 3.05) is 24.8 Å². The van der Waals surface area contributed by atoms with Crippen LogP contribution in [0.4, 0.5) is 16.4 Å². The third-order valence-electron chi connectivity index (χ3n) is 7.24. The van der Waals surface area contributed by atoms with E-state index in [1.807, 2.05) is 0 Å². The first-order chi connectivity index (χ1) is 16.4. The molecular weight excluding hydrogens is 464 g/mol. The number of carbonyl (C=O) groups excluding carboxylic acids is 1. The van der Waals surface area contributed by atoms with Crippen molar-refractivity contribution in [3.05, 3.63) is 22.6 Å². The molecule has 0 saturated heterocycles. The Labute approximate surface area is 208 Å². The summed E-state index contributed by atoms with van der Waals surface area (Å²) < 4.78 is 12.6. The summed E-state index contributed by atoms with van der Waals surface area (Å²) in [5.74, 6) is 0.471. The molecule has 1 amide bonds. The van der Waals surface area contributed by atoms with E-state index in [-0.39, 0.29) is 22.7 Å². The third-order valence-corrected chi connectivity index (χ3v) is 11.8. The molecule has 194 valence electrons. The van der Waals surface area contributed by atoms with Gasteiger partial charge in [-0.15, -0.1) is 0 Å². The van der Waals surface area contributed by atoms with Crippen LogP contribution in [0.3, 0.4) is 0 Å². The average Bonchev–Trinajstić information content (AvgIpc) is 2.78. The van der Waals surface area contributed by atoms with Crippen LogP contribution in [-0.4, -0.2) is 54.7 Å². The molecule has 10 nitrogen and oxygen atoms in total. The van der Waals surface area contributed by atoms with Crippen LogP contribution in [0.1, 0.15) is 52.9 Å². The number of hydrogen-bond acceptors (Lipinski definition) is 8. The van der Waals surface area contributed by atoms with Gasteiger partial charge in [0.15, 0.2) is 8.32 Å². The molecule has 0 spiro atoms. The lowest BCUT2D eigenvalue weighted by Crippen LogP contribution is -2.41. The maximum Gasteiger partial charge on any atom is 0.407 e. The number of nitrogen functional groups attached to an aromatic ring is 1. The number of pyridine rings is 1. The Balaban J connectivity index is 1.69. The van der Waals surface area contributed by atoms with Crippen molar-refractivity contribution in [2.24, 2.45) is 0 Å². The van der Waals surface area contributed by atoms with E-state index in [1.54, 1.807) is 10.8 Å². The summed E-state index contributed by atoms with van der Waals surface area (Å²) in [5.41, 5.74) is 6.83. The van der Waals surface area contributed by atoms with E-state index >= 15 is 0 Å². The van der Waals surface area contributed by atoms with Crippen LogP contribution in [-0.2, 0) is 15.7 Å². The van der Waals surface area contributed by atoms with Crippen LogP contribution in [0.15, 0.2) is 17.1 Å². The van der Waals surface area contributed by atoms with Crippen LogP contribution in [0, 0.1) is 0 Å². The molecule has 11 heteroatoms. The predicted molar refractivity (Wildman–Crippen MR) is 141 cm³/mol. The van der Waals surface area contributed by atoms with Crippen LogP contribution < -0.4 is 21.9 Å². The van der Waals surface area contributed by atoms with Gasteiger partial charge in [0.05, 0.1) is 12.5 Å². The largest absolute Gasteiger partial charge is 0.453 e. The summed E-state index contributed by atoms with van der Waals surface area (Å²) in [6, 6.07) is 1.72. The Morgan fingerprint density at radius 2 is 1.89 bits per heavy atom. The first kappa shape index (κ1) is 26.9. The van der Waals surface area contributed by atoms with E-state index in [1.165, 1.54) is 13.2 Å². The standard InChI is InChI=1S/C24H40N6O4Si/c1-24(2,3)35(5,6)34-13-7-12-30-20(31)14-19(25)18-15-26-22(29-21(18)30)27-16-8-10-17(11-9-16)28-23(32)33-4/h14-17H,7-13,25H2,1-6H3,(H,28,32)(H,26,27,29). The second kappa shape index (κ2) is 10.9. The molecule has 0 aliphatic heterocycles. The number of carbonyl (C=O) groups is 1. The minimum Gasteiger partial charge on any atom is -0.453 e. The Bertz CT molecular complexity index is 1090. The molecule has 4 N–H and O–H groups in total. The molecule has 1 aliphatic carbocycles. The highest BCUT2D eigenvalue weighted by Gasteiger charge is 2.36. The van der Waals surface area contributed by atoms with Gasteiger partial charge in [-0.3, -0.25) is 9.36 Å². The van der Waals surface area contributed by atoms with Crippen molar-refractivity contribution in [3.63, 3.8) is 0 Å². The highest BCUT2D eigenvalue weighted by Crippen LogP contribution is 2.36. The van der Waals surface area contributed by atoms with Gasteiger partial charge in [0.25, 0.3) is 5.56 Å². The van der Waals surface area contributed by atoms with Gasteiger partial charge >= 0.3 is 6.09 Å². The van der Waals surface area contributed by atoms with Crippen LogP contribution in [0.5, 0.6) is 0 Å². The fourth-order valence-corrected chi connectivity index (χ4v) is 5.11. The smallest absolute Gasteiger partial charge is 0.407 e. The number of ether oxygens (including phenoxy) is 1. The maximum absolute atomic E-state index is 12.8. The fraction of sp³-hybridized carbons (Fsp3) is 0.667. The van der Waals surface area contributed by atoms with Crippen molar-refractivity contribution in [3.8, 4) is 0 Å². The lowest BCUT2D eigenvalue weighted by atomic mass is 9.91. The number of alkyl carbamates (subject to hydrolysis) is 1. The number of anilines is 2. The second-order valence-corrected chi connectivity index (χ2v) is 15.6. The van der Waals surface area contributed by atoms with E-state index in [0.29, 0.717) is 42.2 Å². The molecule has 3 rings (SSSR count). The molecule has 2 aromatic heterocycles. The molecule has 1 fully saturated rings. The van der Waals surface area contributed by atoms with E-state index in [0.717, 1.165) is 25.7 Å². The summed E-state index contributed by atoms with van der Waals surface area (Å²) in [5, 5.41) is 7.05. The van der Waals surface area contributed by atoms with Gasteiger partial charge in [-0.1, -0.05) is 20.8 Å². The minimum absolute atomic E-state index is 0.108. The Kier molecular flexibility index (Phi) is 8.42. The quantitative estimate of drug-likeness (QED) is 0.364. The van der Waals surface area contributed by atoms with E-state index in [9.17, 15) is 9.59 Å². The highest BCUT2D eigenvalue weighted by atomic mass is 28.4. The van der Waals surface area contributed by atoms with Crippen molar-refractivity contribution in [1.82, 2.24) is 19.9 Å². The van der Waals surface area contributed by atoms with Gasteiger partial charge < -0.3 is 25.5 Å². The topological polar surface area (TPSA) is 133 Å². The van der Waals surface area contributed by atoms with Gasteiger partial charge in [-0.25, -0.2) is 9.78 Å². The molecule has 1 saturated carbocycles. The van der Waals surface area contributed by atoms with E-state index < -0.39 is 14.4 Å². The average molecular weight is 505 g/mol. The number of fused-ring (bicyclic) bond motifs is 1. The minimum atomic E-state index is -1.84. The number of nitrogens with one attached hydrogen (secondary N) is 2. The zero-order valence-electron chi connectivity index (χ0n) is 21.8. The monoisotopic (exact) mass is 504 g/mol. The Morgan fingerprint density at radius 1 is 1.23 bits per heavy atom. The Hall–Kier alpha value is -2.66. The van der Waals surface area contributed by atoms with Gasteiger partial charge in [-0.2, -0.15) is 4.98 Å². The summed E-state index contributed by atoms with van der Waals surface area (Å²) in [4.78, 5) is 33.3. The molecule has 2 aromatic rings. The highest BCUT2D eigenvalue weighted by molar-refractivity contribution is 6.74. The van der Waals surface area contributed by atoms with Crippen molar-refractivity contribution in [2.45, 2.75) is 89.6 Å². The summed E-state index contributed by atoms with van der Waals surface area (Å²) >= 11 is 0. The Morgan fingerprint density at radius 3 is 2.51 bits per heavy atom. The zero-order valence-corrected chi connectivity index (χ0v) is 22.8. The maximum atomic E-state index is 12.8. The number of hydrogen-bond donors (Lipinski definition) is 3. The molecule has 0 atom stereocenters. The van der Waals surface area contributed by atoms with Crippen LogP contribution in [0.25, 0.3) is 11.0 Å². The zero-order chi connectivity index (χ0) is 25.8. The number of amides is 1. The normalized spacial score (nSPS) is 18.9. The molecular formula is C24H40N6O4Si. The number of methoxy groups -OCH3 is 1. The third kappa shape index (κ3) is 6.72. The van der Waals surface area contributed by atoms with Crippen molar-refractivity contribution >= 4 is 37.1 Å². The molecule has 0 aromatic carbocycles. The molecule has 1 aliphatic rings. The fourth-order valence-electron chi connectivity index (χ4n) is 4.02. The van der Waals surface area contributed by atoms with Gasteiger partial charge in [0, 0.05) is 43.2 Å². The lowest BCUT2D eigenvalue weighted by molar-refractivity contribution is 0.162. The lowest BCUT2D eigenvalue weighted by Gasteiger charge is -2.36. The number of nitrogens with zero attached hydrogens (tertiary/aromatic N) is 3. The molecule has 0 bridgehead atoms. The van der Waals surface area contributed by atoms with E-state index in [4.69, 9.17) is 10.2 Å². The molecule has 2 heterocycles. The van der Waals surface area contributed by atoms with Gasteiger partial charge in [0.1, 0.15) is 5.65 Å². The van der Waals surface area contributed by atoms with Crippen molar-refractivity contribution in [1.29, 1.82) is 0 Å². The van der Waals surface area contributed by atoms with Crippen molar-refractivity contribution < 1.29 is 14.0 Å². The van der Waals surface area contributed by atoms with Crippen LogP contribution in [0.2, 0.25) is 18.1 Å². The first-order valence-corrected chi connectivity index (χ1v) is 15.2. The summed E-state index contributed by atoms with van der Waals surface area (Å²) in [6.45, 7) is 12.2. The first-order valence-electron chi connectivity index (χ1n) is 12.3. The number of aromatic nitrogens is 3. The molecule has 35 heavy (non-hydrogen) atoms. The second-order valence-electron chi connectivity index (χ2n) is 10.8. The number of rotatable bonds is 8. The van der Waals surface area contributed by atoms with Crippen LogP contribution >= 0.6 is 0 Å². The van der Waals surface area contributed by atoms with Gasteiger partial charge in [0.2, 0.25) is 5.95 Å². The SMILES string of the molecule is COC(=O)NC1CCC(Nc2ncc3c(N)cc(=O)n(CCCO[Si](C)(C)C(C)(C)C)c3n2)CC1. The summed E-state index contributed by atoms with van der Waals surface area (Å²) in [7, 11) is -0.474. The molecule has 0 unspecified atom stereocenters. The number of nitrogens with two attached hydrogens (primary N) is 1. The number of aryl methyl sites for hydroxylation is 1. The van der Waals surface area contributed by atoms with Gasteiger partial charge in [-0.05, 0) is 50.2 Å².